The molecule has 1 fully saturated rings. The molecule has 2 heterocycles. The van der Waals surface area contributed by atoms with Gasteiger partial charge in [-0.3, -0.25) is 14.5 Å². The van der Waals surface area contributed by atoms with Gasteiger partial charge < -0.3 is 15.5 Å². The van der Waals surface area contributed by atoms with E-state index < -0.39 is 6.04 Å². The molecular formula is C22H26Cl2N4O3. The number of rotatable bonds is 5. The monoisotopic (exact) mass is 464 g/mol. The molecule has 1 aromatic rings. The summed E-state index contributed by atoms with van der Waals surface area (Å²) in [5.41, 5.74) is 1.68. The fraction of sp³-hybridized carbons (Fsp3) is 0.500. The first-order valence-electron chi connectivity index (χ1n) is 10.7. The lowest BCUT2D eigenvalue weighted by Gasteiger charge is -2.31. The van der Waals surface area contributed by atoms with Gasteiger partial charge in [-0.25, -0.2) is 4.79 Å². The summed E-state index contributed by atoms with van der Waals surface area (Å²) in [6.07, 6.45) is 5.79. The number of carbonyl (C=O) groups excluding carboxylic acids is 3. The third-order valence-electron chi connectivity index (χ3n) is 6.31. The first-order valence-corrected chi connectivity index (χ1v) is 11.4. The highest BCUT2D eigenvalue weighted by molar-refractivity contribution is 6.42. The lowest BCUT2D eigenvalue weighted by atomic mass is 9.95. The highest BCUT2D eigenvalue weighted by Crippen LogP contribution is 2.39. The van der Waals surface area contributed by atoms with Gasteiger partial charge in [-0.1, -0.05) is 54.6 Å². The molecule has 9 heteroatoms. The van der Waals surface area contributed by atoms with Crippen LogP contribution in [0.5, 0.6) is 0 Å². The van der Waals surface area contributed by atoms with E-state index in [2.05, 4.69) is 10.6 Å². The third kappa shape index (κ3) is 4.39. The van der Waals surface area contributed by atoms with Crippen LogP contribution in [-0.2, 0) is 9.59 Å². The Balaban J connectivity index is 1.48. The maximum Gasteiger partial charge on any atom is 0.322 e. The third-order valence-corrected chi connectivity index (χ3v) is 7.14. The molecule has 0 spiro atoms. The van der Waals surface area contributed by atoms with Crippen molar-refractivity contribution < 1.29 is 14.4 Å². The SMILES string of the molecule is CN1C(=O)N[C@H](c2cccc(Cl)c2Cl)C2=C1CN(CCC(=O)NC1CCCCC1)C2=O. The summed E-state index contributed by atoms with van der Waals surface area (Å²) in [5.74, 6) is -0.241. The number of benzene rings is 1. The predicted molar refractivity (Wildman–Crippen MR) is 119 cm³/mol. The Morgan fingerprint density at radius 1 is 1.19 bits per heavy atom. The number of hydrogen-bond acceptors (Lipinski definition) is 3. The minimum Gasteiger partial charge on any atom is -0.353 e. The first kappa shape index (κ1) is 22.0. The minimum absolute atomic E-state index is 0.0402. The van der Waals surface area contributed by atoms with Gasteiger partial charge in [-0.15, -0.1) is 0 Å². The number of halogens is 2. The average Bonchev–Trinajstić information content (AvgIpc) is 3.09. The molecule has 1 saturated carbocycles. The van der Waals surface area contributed by atoms with Crippen LogP contribution in [0.25, 0.3) is 0 Å². The molecule has 2 N–H and O–H groups in total. The Hall–Kier alpha value is -2.25. The number of urea groups is 1. The zero-order chi connectivity index (χ0) is 22.1. The lowest BCUT2D eigenvalue weighted by molar-refractivity contribution is -0.127. The van der Waals surface area contributed by atoms with Crippen molar-refractivity contribution in [1.29, 1.82) is 0 Å². The van der Waals surface area contributed by atoms with Crippen LogP contribution < -0.4 is 10.6 Å². The number of carbonyl (C=O) groups is 3. The standard InChI is InChI=1S/C22H26Cl2N4O3/c1-27-16-12-28(11-10-17(29)25-13-6-3-2-4-7-13)21(30)18(16)20(26-22(27)31)14-8-5-9-15(23)19(14)24/h5,8-9,13,20H,2-4,6-7,10-12H2,1H3,(H,25,29)(H,26,31)/t20-/m1/s1. The summed E-state index contributed by atoms with van der Waals surface area (Å²) in [4.78, 5) is 41.3. The van der Waals surface area contributed by atoms with Crippen molar-refractivity contribution >= 4 is 41.0 Å². The van der Waals surface area contributed by atoms with E-state index in [0.717, 1.165) is 25.7 Å². The van der Waals surface area contributed by atoms with Gasteiger partial charge in [0.25, 0.3) is 5.91 Å². The molecule has 7 nitrogen and oxygen atoms in total. The van der Waals surface area contributed by atoms with Crippen LogP contribution in [0.4, 0.5) is 4.79 Å². The highest BCUT2D eigenvalue weighted by Gasteiger charge is 2.43. The van der Waals surface area contributed by atoms with Gasteiger partial charge in [0.2, 0.25) is 5.91 Å². The Labute approximate surface area is 191 Å². The zero-order valence-electron chi connectivity index (χ0n) is 17.4. The largest absolute Gasteiger partial charge is 0.353 e. The summed E-state index contributed by atoms with van der Waals surface area (Å²) in [6, 6.07) is 4.39. The summed E-state index contributed by atoms with van der Waals surface area (Å²) in [7, 11) is 1.63. The van der Waals surface area contributed by atoms with E-state index >= 15 is 0 Å². The van der Waals surface area contributed by atoms with E-state index in [0.29, 0.717) is 33.4 Å². The quantitative estimate of drug-likeness (QED) is 0.697. The van der Waals surface area contributed by atoms with Gasteiger partial charge in [-0.05, 0) is 24.5 Å². The fourth-order valence-electron chi connectivity index (χ4n) is 4.56. The summed E-state index contributed by atoms with van der Waals surface area (Å²) in [5, 5.41) is 6.60. The Kier molecular flexibility index (Phi) is 6.44. The second-order valence-corrected chi connectivity index (χ2v) is 9.11. The maximum atomic E-state index is 13.3. The van der Waals surface area contributed by atoms with Gasteiger partial charge in [-0.2, -0.15) is 0 Å². The smallest absolute Gasteiger partial charge is 0.322 e. The normalized spacial score (nSPS) is 22.0. The van der Waals surface area contributed by atoms with Crippen molar-refractivity contribution in [2.45, 2.75) is 50.6 Å². The van der Waals surface area contributed by atoms with Gasteiger partial charge in [0, 0.05) is 26.1 Å². The molecule has 2 aliphatic heterocycles. The van der Waals surface area contributed by atoms with Gasteiger partial charge in [0.15, 0.2) is 0 Å². The molecule has 0 unspecified atom stereocenters. The van der Waals surface area contributed by atoms with E-state index in [9.17, 15) is 14.4 Å². The van der Waals surface area contributed by atoms with Gasteiger partial charge >= 0.3 is 6.03 Å². The molecule has 4 rings (SSSR count). The molecule has 166 valence electrons. The number of nitrogens with zero attached hydrogens (tertiary/aromatic N) is 2. The van der Waals surface area contributed by atoms with Crippen LogP contribution in [0.15, 0.2) is 29.5 Å². The Bertz CT molecular complexity index is 943. The molecule has 0 bridgehead atoms. The van der Waals surface area contributed by atoms with E-state index in [1.54, 1.807) is 30.1 Å². The number of likely N-dealkylation sites (N-methyl/N-ethyl adjacent to an activating group) is 1. The number of nitrogens with one attached hydrogen (secondary N) is 2. The van der Waals surface area contributed by atoms with Crippen molar-refractivity contribution in [3.05, 3.63) is 45.1 Å². The fourth-order valence-corrected chi connectivity index (χ4v) is 4.98. The van der Waals surface area contributed by atoms with Crippen LogP contribution in [0, 0.1) is 0 Å². The molecule has 0 saturated heterocycles. The van der Waals surface area contributed by atoms with Crippen molar-refractivity contribution in [2.75, 3.05) is 20.1 Å². The minimum atomic E-state index is -0.682. The molecular weight excluding hydrogens is 439 g/mol. The van der Waals surface area contributed by atoms with Gasteiger partial charge in [0.1, 0.15) is 0 Å². The molecule has 3 aliphatic rings. The lowest BCUT2D eigenvalue weighted by Crippen LogP contribution is -2.45. The van der Waals surface area contributed by atoms with E-state index in [4.69, 9.17) is 23.2 Å². The van der Waals surface area contributed by atoms with Crippen LogP contribution in [0.2, 0.25) is 10.0 Å². The maximum absolute atomic E-state index is 13.3. The molecule has 0 aromatic heterocycles. The molecule has 1 atom stereocenters. The Morgan fingerprint density at radius 3 is 2.68 bits per heavy atom. The van der Waals surface area contributed by atoms with E-state index in [1.165, 1.54) is 11.3 Å². The summed E-state index contributed by atoms with van der Waals surface area (Å²) >= 11 is 12.5. The van der Waals surface area contributed by atoms with E-state index in [-0.39, 0.29) is 36.9 Å². The van der Waals surface area contributed by atoms with Crippen molar-refractivity contribution in [2.24, 2.45) is 0 Å². The molecule has 0 radical (unpaired) electrons. The molecule has 4 amide bonds. The van der Waals surface area contributed by atoms with Crippen molar-refractivity contribution in [3.8, 4) is 0 Å². The summed E-state index contributed by atoms with van der Waals surface area (Å²) < 4.78 is 0. The molecule has 31 heavy (non-hydrogen) atoms. The first-order chi connectivity index (χ1) is 14.9. The molecule has 1 aliphatic carbocycles. The second kappa shape index (κ2) is 9.09. The highest BCUT2D eigenvalue weighted by atomic mass is 35.5. The predicted octanol–water partition coefficient (Wildman–Crippen LogP) is 3.62. The second-order valence-electron chi connectivity index (χ2n) is 8.32. The van der Waals surface area contributed by atoms with Crippen LogP contribution >= 0.6 is 23.2 Å². The van der Waals surface area contributed by atoms with Crippen molar-refractivity contribution in [1.82, 2.24) is 20.4 Å². The van der Waals surface area contributed by atoms with Crippen LogP contribution in [0.3, 0.4) is 0 Å². The summed E-state index contributed by atoms with van der Waals surface area (Å²) in [6.45, 7) is 0.575. The average molecular weight is 465 g/mol. The topological polar surface area (TPSA) is 81.8 Å². The number of hydrogen-bond donors (Lipinski definition) is 2. The van der Waals surface area contributed by atoms with E-state index in [1.807, 2.05) is 0 Å². The van der Waals surface area contributed by atoms with Crippen molar-refractivity contribution in [3.63, 3.8) is 0 Å². The van der Waals surface area contributed by atoms with Gasteiger partial charge in [0.05, 0.1) is 33.9 Å². The Morgan fingerprint density at radius 2 is 1.94 bits per heavy atom. The molecule has 1 aromatic carbocycles. The van der Waals surface area contributed by atoms with Crippen LogP contribution in [0.1, 0.15) is 50.1 Å². The van der Waals surface area contributed by atoms with Crippen LogP contribution in [-0.4, -0.2) is 53.8 Å². The number of amides is 4. The zero-order valence-corrected chi connectivity index (χ0v) is 18.9.